The zero-order chi connectivity index (χ0) is 17.5. The Labute approximate surface area is 147 Å². The SMILES string of the molecule is O=C(NC1CCCCCC1)c1ccnc(NCc2ccc(F)cc2)n1. The summed E-state index contributed by atoms with van der Waals surface area (Å²) in [6.45, 7) is 0.466. The summed E-state index contributed by atoms with van der Waals surface area (Å²) in [4.78, 5) is 20.8. The molecule has 25 heavy (non-hydrogen) atoms. The second kappa shape index (κ2) is 8.55. The third-order valence-corrected chi connectivity index (χ3v) is 4.44. The summed E-state index contributed by atoms with van der Waals surface area (Å²) in [5.74, 6) is -0.0332. The first-order valence-corrected chi connectivity index (χ1v) is 8.83. The number of hydrogen-bond donors (Lipinski definition) is 2. The molecule has 0 atom stereocenters. The van der Waals surface area contributed by atoms with Crippen molar-refractivity contribution < 1.29 is 9.18 Å². The Hall–Kier alpha value is -2.50. The van der Waals surface area contributed by atoms with Gasteiger partial charge in [-0.25, -0.2) is 14.4 Å². The minimum atomic E-state index is -0.266. The lowest BCUT2D eigenvalue weighted by atomic mass is 10.1. The molecule has 1 amide bonds. The molecule has 1 aromatic carbocycles. The van der Waals surface area contributed by atoms with Crippen molar-refractivity contribution in [2.45, 2.75) is 51.1 Å². The van der Waals surface area contributed by atoms with Crippen LogP contribution in [0.1, 0.15) is 54.6 Å². The van der Waals surface area contributed by atoms with Crippen LogP contribution in [0.5, 0.6) is 0 Å². The van der Waals surface area contributed by atoms with Crippen molar-refractivity contribution in [2.75, 3.05) is 5.32 Å². The molecule has 3 rings (SSSR count). The van der Waals surface area contributed by atoms with Gasteiger partial charge in [-0.15, -0.1) is 0 Å². The molecule has 5 nitrogen and oxygen atoms in total. The highest BCUT2D eigenvalue weighted by molar-refractivity contribution is 5.92. The zero-order valence-corrected chi connectivity index (χ0v) is 14.2. The monoisotopic (exact) mass is 342 g/mol. The molecule has 0 unspecified atom stereocenters. The van der Waals surface area contributed by atoms with Crippen LogP contribution >= 0.6 is 0 Å². The van der Waals surface area contributed by atoms with Gasteiger partial charge in [-0.05, 0) is 36.6 Å². The van der Waals surface area contributed by atoms with E-state index in [4.69, 9.17) is 0 Å². The third-order valence-electron chi connectivity index (χ3n) is 4.44. The number of halogens is 1. The van der Waals surface area contributed by atoms with E-state index in [2.05, 4.69) is 20.6 Å². The molecule has 0 radical (unpaired) electrons. The lowest BCUT2D eigenvalue weighted by molar-refractivity contribution is 0.0928. The predicted molar refractivity (Wildman–Crippen MR) is 94.7 cm³/mol. The Morgan fingerprint density at radius 3 is 2.52 bits per heavy atom. The summed E-state index contributed by atoms with van der Waals surface area (Å²) < 4.78 is 12.9. The van der Waals surface area contributed by atoms with E-state index in [-0.39, 0.29) is 17.8 Å². The molecular weight excluding hydrogens is 319 g/mol. The summed E-state index contributed by atoms with van der Waals surface area (Å²) >= 11 is 0. The highest BCUT2D eigenvalue weighted by atomic mass is 19.1. The van der Waals surface area contributed by atoms with Crippen LogP contribution in [0.2, 0.25) is 0 Å². The molecule has 1 heterocycles. The Morgan fingerprint density at radius 1 is 1.08 bits per heavy atom. The smallest absolute Gasteiger partial charge is 0.270 e. The van der Waals surface area contributed by atoms with E-state index >= 15 is 0 Å². The molecule has 1 fully saturated rings. The van der Waals surface area contributed by atoms with Crippen molar-refractivity contribution in [2.24, 2.45) is 0 Å². The molecule has 0 saturated heterocycles. The van der Waals surface area contributed by atoms with Gasteiger partial charge >= 0.3 is 0 Å². The molecule has 1 aliphatic rings. The number of nitrogens with one attached hydrogen (secondary N) is 2. The fraction of sp³-hybridized carbons (Fsp3) is 0.421. The number of benzene rings is 1. The summed E-state index contributed by atoms with van der Waals surface area (Å²) in [5.41, 5.74) is 1.28. The molecule has 0 aliphatic heterocycles. The fourth-order valence-electron chi connectivity index (χ4n) is 3.04. The average molecular weight is 342 g/mol. The maximum absolute atomic E-state index is 12.9. The highest BCUT2D eigenvalue weighted by Gasteiger charge is 2.17. The quantitative estimate of drug-likeness (QED) is 0.814. The lowest BCUT2D eigenvalue weighted by Gasteiger charge is -2.16. The average Bonchev–Trinajstić information content (AvgIpc) is 2.90. The highest BCUT2D eigenvalue weighted by Crippen LogP contribution is 2.17. The van der Waals surface area contributed by atoms with Crippen molar-refractivity contribution >= 4 is 11.9 Å². The summed E-state index contributed by atoms with van der Waals surface area (Å²) in [6.07, 6.45) is 8.47. The van der Waals surface area contributed by atoms with Crippen LogP contribution in [0.3, 0.4) is 0 Å². The summed E-state index contributed by atoms with van der Waals surface area (Å²) in [6, 6.07) is 8.08. The van der Waals surface area contributed by atoms with Gasteiger partial charge in [-0.1, -0.05) is 37.8 Å². The molecule has 1 aromatic heterocycles. The van der Waals surface area contributed by atoms with Gasteiger partial charge in [0.25, 0.3) is 5.91 Å². The van der Waals surface area contributed by atoms with Crippen LogP contribution in [-0.2, 0) is 6.54 Å². The van der Waals surface area contributed by atoms with Gasteiger partial charge in [0.05, 0.1) is 0 Å². The van der Waals surface area contributed by atoms with E-state index in [1.54, 1.807) is 24.4 Å². The standard InChI is InChI=1S/C19H23FN4O/c20-15-9-7-14(8-10-15)13-22-19-21-12-11-17(24-19)18(25)23-16-5-3-1-2-4-6-16/h7-12,16H,1-6,13H2,(H,23,25)(H,21,22,24). The van der Waals surface area contributed by atoms with Gasteiger partial charge in [-0.2, -0.15) is 0 Å². The molecule has 132 valence electrons. The topological polar surface area (TPSA) is 66.9 Å². The van der Waals surface area contributed by atoms with Crippen LogP contribution in [0.25, 0.3) is 0 Å². The van der Waals surface area contributed by atoms with Gasteiger partial charge in [0.2, 0.25) is 5.95 Å². The van der Waals surface area contributed by atoms with Crippen LogP contribution in [-0.4, -0.2) is 21.9 Å². The Kier molecular flexibility index (Phi) is 5.93. The molecular formula is C19H23FN4O. The number of rotatable bonds is 5. The number of amides is 1. The first-order chi connectivity index (χ1) is 12.2. The first kappa shape index (κ1) is 17.3. The van der Waals surface area contributed by atoms with Gasteiger partial charge in [0.1, 0.15) is 11.5 Å². The van der Waals surface area contributed by atoms with E-state index in [1.807, 2.05) is 0 Å². The molecule has 2 N–H and O–H groups in total. The number of nitrogens with zero attached hydrogens (tertiary/aromatic N) is 2. The number of carbonyl (C=O) groups is 1. The van der Waals surface area contributed by atoms with E-state index in [0.29, 0.717) is 18.2 Å². The van der Waals surface area contributed by atoms with Crippen molar-refractivity contribution in [3.8, 4) is 0 Å². The first-order valence-electron chi connectivity index (χ1n) is 8.83. The zero-order valence-electron chi connectivity index (χ0n) is 14.2. The van der Waals surface area contributed by atoms with Crippen LogP contribution in [0.4, 0.5) is 10.3 Å². The number of hydrogen-bond acceptors (Lipinski definition) is 4. The minimum Gasteiger partial charge on any atom is -0.350 e. The van der Waals surface area contributed by atoms with E-state index in [9.17, 15) is 9.18 Å². The predicted octanol–water partition coefficient (Wildman–Crippen LogP) is 3.68. The van der Waals surface area contributed by atoms with Gasteiger partial charge < -0.3 is 10.6 Å². The normalized spacial score (nSPS) is 15.4. The number of aromatic nitrogens is 2. The third kappa shape index (κ3) is 5.24. The van der Waals surface area contributed by atoms with Crippen molar-refractivity contribution in [3.05, 3.63) is 53.6 Å². The lowest BCUT2D eigenvalue weighted by Crippen LogP contribution is -2.35. The molecule has 1 saturated carbocycles. The van der Waals surface area contributed by atoms with Crippen molar-refractivity contribution in [3.63, 3.8) is 0 Å². The molecule has 0 spiro atoms. The van der Waals surface area contributed by atoms with E-state index in [1.165, 1.54) is 37.8 Å². The van der Waals surface area contributed by atoms with E-state index in [0.717, 1.165) is 18.4 Å². The molecule has 6 heteroatoms. The van der Waals surface area contributed by atoms with Crippen molar-refractivity contribution in [1.29, 1.82) is 0 Å². The summed E-state index contributed by atoms with van der Waals surface area (Å²) in [7, 11) is 0. The minimum absolute atomic E-state index is 0.154. The number of carbonyl (C=O) groups excluding carboxylic acids is 1. The maximum Gasteiger partial charge on any atom is 0.270 e. The summed E-state index contributed by atoms with van der Waals surface area (Å²) in [5, 5.41) is 6.15. The maximum atomic E-state index is 12.9. The fourth-order valence-corrected chi connectivity index (χ4v) is 3.04. The number of anilines is 1. The Balaban J connectivity index is 1.58. The van der Waals surface area contributed by atoms with Crippen LogP contribution in [0.15, 0.2) is 36.5 Å². The largest absolute Gasteiger partial charge is 0.350 e. The van der Waals surface area contributed by atoms with Gasteiger partial charge in [0.15, 0.2) is 0 Å². The van der Waals surface area contributed by atoms with Gasteiger partial charge in [-0.3, -0.25) is 4.79 Å². The molecule has 2 aromatic rings. The Bertz CT molecular complexity index is 697. The molecule has 1 aliphatic carbocycles. The van der Waals surface area contributed by atoms with Crippen LogP contribution in [0, 0.1) is 5.82 Å². The van der Waals surface area contributed by atoms with Crippen molar-refractivity contribution in [1.82, 2.24) is 15.3 Å². The second-order valence-electron chi connectivity index (χ2n) is 6.41. The van der Waals surface area contributed by atoms with Crippen LogP contribution < -0.4 is 10.6 Å². The van der Waals surface area contributed by atoms with Gasteiger partial charge in [0, 0.05) is 18.8 Å². The Morgan fingerprint density at radius 2 is 1.80 bits per heavy atom. The van der Waals surface area contributed by atoms with E-state index < -0.39 is 0 Å². The second-order valence-corrected chi connectivity index (χ2v) is 6.41. The molecule has 0 bridgehead atoms.